The summed E-state index contributed by atoms with van der Waals surface area (Å²) in [7, 11) is 1.62. The smallest absolute Gasteiger partial charge is 0.249 e. The fraction of sp³-hybridized carbons (Fsp3) is 0.310. The fourth-order valence-corrected chi connectivity index (χ4v) is 6.56. The summed E-state index contributed by atoms with van der Waals surface area (Å²) in [5, 5.41) is 0.636. The molecule has 0 unspecified atom stereocenters. The van der Waals surface area contributed by atoms with Crippen molar-refractivity contribution < 1.29 is 19.1 Å². The molecular weight excluding hydrogens is 476 g/mol. The Hall–Kier alpha value is -3.51. The number of ether oxygens (including phenoxy) is 2. The number of benzene rings is 3. The second-order valence-corrected chi connectivity index (χ2v) is 10.3. The molecule has 3 heterocycles. The maximum Gasteiger partial charge on any atom is 0.249 e. The van der Waals surface area contributed by atoms with Crippen molar-refractivity contribution in [2.75, 3.05) is 20.3 Å². The largest absolute Gasteiger partial charge is 0.497 e. The zero-order valence-electron chi connectivity index (χ0n) is 20.2. The molecule has 4 atom stereocenters. The molecule has 3 aromatic carbocycles. The highest BCUT2D eigenvalue weighted by atomic mass is 35.5. The minimum Gasteiger partial charge on any atom is -0.497 e. The fourth-order valence-electron chi connectivity index (χ4n) is 6.44. The zero-order valence-corrected chi connectivity index (χ0v) is 20.9. The first-order valence-corrected chi connectivity index (χ1v) is 12.5. The molecule has 6 rings (SSSR count). The van der Waals surface area contributed by atoms with E-state index in [1.807, 2.05) is 60.4 Å². The Balaban J connectivity index is 1.46. The predicted molar refractivity (Wildman–Crippen MR) is 136 cm³/mol. The van der Waals surface area contributed by atoms with Crippen molar-refractivity contribution in [1.82, 2.24) is 9.80 Å². The van der Waals surface area contributed by atoms with Gasteiger partial charge in [-0.2, -0.15) is 0 Å². The molecule has 0 bridgehead atoms. The number of methoxy groups -OCH3 is 1. The predicted octanol–water partition coefficient (Wildman–Crippen LogP) is 4.83. The summed E-state index contributed by atoms with van der Waals surface area (Å²) in [6, 6.07) is 22.9. The lowest BCUT2D eigenvalue weighted by Gasteiger charge is -2.47. The quantitative estimate of drug-likeness (QED) is 0.513. The SMILES string of the molecule is COc1ccc2c(c1)OC[C@H]1[C@H]2N2C(=O)CN(Cc3ccc(Cl)cc3)C(=O)[C@@]2(C)[C@H]1c1ccccc1. The monoisotopic (exact) mass is 502 g/mol. The number of carbonyl (C=O) groups is 2. The standard InChI is InChI=1S/C29H27ClN2O4/c1-29-26(19-6-4-3-5-7-19)23-17-36-24-14-21(35-2)12-13-22(24)27(23)32(29)25(33)16-31(28(29)34)15-18-8-10-20(30)11-9-18/h3-14,23,26-27H,15-17H2,1-2H3/t23-,26+,27+,29-/m1/s1. The molecular formula is C29H27ClN2O4. The molecule has 0 spiro atoms. The summed E-state index contributed by atoms with van der Waals surface area (Å²) >= 11 is 6.06. The average Bonchev–Trinajstić information content (AvgIpc) is 3.18. The van der Waals surface area contributed by atoms with Crippen LogP contribution in [0.2, 0.25) is 5.02 Å². The number of carbonyl (C=O) groups excluding carboxylic acids is 2. The first kappa shape index (κ1) is 22.9. The van der Waals surface area contributed by atoms with Crippen LogP contribution in [0.4, 0.5) is 0 Å². The van der Waals surface area contributed by atoms with Gasteiger partial charge in [0, 0.05) is 35.0 Å². The van der Waals surface area contributed by atoms with E-state index in [2.05, 4.69) is 12.1 Å². The topological polar surface area (TPSA) is 59.1 Å². The minimum absolute atomic E-state index is 0.0358. The number of piperazine rings is 1. The molecule has 3 aromatic rings. The number of fused-ring (bicyclic) bond motifs is 5. The van der Waals surface area contributed by atoms with Crippen molar-refractivity contribution >= 4 is 23.4 Å². The number of hydrogen-bond acceptors (Lipinski definition) is 4. The van der Waals surface area contributed by atoms with E-state index in [0.717, 1.165) is 16.7 Å². The summed E-state index contributed by atoms with van der Waals surface area (Å²) in [6.45, 7) is 2.73. The van der Waals surface area contributed by atoms with Gasteiger partial charge >= 0.3 is 0 Å². The molecule has 2 fully saturated rings. The molecule has 3 aliphatic heterocycles. The van der Waals surface area contributed by atoms with Gasteiger partial charge in [-0.25, -0.2) is 0 Å². The average molecular weight is 503 g/mol. The molecule has 0 saturated carbocycles. The van der Waals surface area contributed by atoms with E-state index in [9.17, 15) is 9.59 Å². The van der Waals surface area contributed by atoms with E-state index in [1.165, 1.54) is 0 Å². The number of amides is 2. The molecule has 0 aliphatic carbocycles. The molecule has 7 heteroatoms. The molecule has 6 nitrogen and oxygen atoms in total. The maximum absolute atomic E-state index is 14.3. The molecule has 36 heavy (non-hydrogen) atoms. The normalized spacial score (nSPS) is 26.7. The van der Waals surface area contributed by atoms with Crippen LogP contribution in [0.1, 0.15) is 35.6 Å². The van der Waals surface area contributed by atoms with E-state index in [1.54, 1.807) is 24.1 Å². The van der Waals surface area contributed by atoms with Crippen LogP contribution < -0.4 is 9.47 Å². The van der Waals surface area contributed by atoms with Gasteiger partial charge in [0.05, 0.1) is 19.8 Å². The molecule has 3 aliphatic rings. The van der Waals surface area contributed by atoms with Crippen molar-refractivity contribution in [3.63, 3.8) is 0 Å². The molecule has 2 amide bonds. The van der Waals surface area contributed by atoms with E-state index in [0.29, 0.717) is 29.7 Å². The highest BCUT2D eigenvalue weighted by Gasteiger charge is 2.66. The lowest BCUT2D eigenvalue weighted by Crippen LogP contribution is -2.65. The highest BCUT2D eigenvalue weighted by Crippen LogP contribution is 2.60. The number of hydrogen-bond donors (Lipinski definition) is 0. The van der Waals surface area contributed by atoms with Gasteiger partial charge in [-0.1, -0.05) is 54.1 Å². The van der Waals surface area contributed by atoms with Crippen LogP contribution in [-0.4, -0.2) is 47.4 Å². The van der Waals surface area contributed by atoms with E-state index < -0.39 is 5.54 Å². The minimum atomic E-state index is -1.05. The van der Waals surface area contributed by atoms with Crippen LogP contribution in [0, 0.1) is 5.92 Å². The van der Waals surface area contributed by atoms with E-state index in [4.69, 9.17) is 21.1 Å². The lowest BCUT2D eigenvalue weighted by molar-refractivity contribution is -0.164. The van der Waals surface area contributed by atoms with Crippen LogP contribution in [0.25, 0.3) is 0 Å². The third kappa shape index (κ3) is 3.39. The van der Waals surface area contributed by atoms with Crippen LogP contribution in [0.5, 0.6) is 11.5 Å². The van der Waals surface area contributed by atoms with Crippen molar-refractivity contribution in [1.29, 1.82) is 0 Å². The van der Waals surface area contributed by atoms with Crippen LogP contribution in [0.3, 0.4) is 0 Å². The second-order valence-electron chi connectivity index (χ2n) is 9.91. The summed E-state index contributed by atoms with van der Waals surface area (Å²) in [5.41, 5.74) is 1.84. The van der Waals surface area contributed by atoms with Crippen LogP contribution >= 0.6 is 11.6 Å². The Morgan fingerprint density at radius 3 is 2.53 bits per heavy atom. The number of halogens is 1. The van der Waals surface area contributed by atoms with Crippen LogP contribution in [-0.2, 0) is 16.1 Å². The maximum atomic E-state index is 14.3. The van der Waals surface area contributed by atoms with Gasteiger partial charge in [-0.3, -0.25) is 9.59 Å². The van der Waals surface area contributed by atoms with E-state index >= 15 is 0 Å². The summed E-state index contributed by atoms with van der Waals surface area (Å²) in [6.07, 6.45) is 0. The Labute approximate surface area is 215 Å². The van der Waals surface area contributed by atoms with Crippen molar-refractivity contribution in [2.45, 2.75) is 31.0 Å². The van der Waals surface area contributed by atoms with Gasteiger partial charge in [-0.05, 0) is 42.3 Å². The summed E-state index contributed by atoms with van der Waals surface area (Å²) < 4.78 is 11.6. The number of rotatable bonds is 4. The van der Waals surface area contributed by atoms with Crippen molar-refractivity contribution in [3.8, 4) is 11.5 Å². The third-order valence-electron chi connectivity index (χ3n) is 7.95. The van der Waals surface area contributed by atoms with Gasteiger partial charge in [0.1, 0.15) is 23.6 Å². The Kier molecular flexibility index (Phi) is 5.45. The van der Waals surface area contributed by atoms with Gasteiger partial charge in [-0.15, -0.1) is 0 Å². The van der Waals surface area contributed by atoms with E-state index in [-0.39, 0.29) is 36.2 Å². The second kappa shape index (κ2) is 8.56. The molecule has 0 aromatic heterocycles. The zero-order chi connectivity index (χ0) is 25.0. The first-order chi connectivity index (χ1) is 17.4. The number of nitrogens with zero attached hydrogens (tertiary/aromatic N) is 2. The van der Waals surface area contributed by atoms with Gasteiger partial charge < -0.3 is 19.3 Å². The van der Waals surface area contributed by atoms with Crippen LogP contribution in [0.15, 0.2) is 72.8 Å². The third-order valence-corrected chi connectivity index (χ3v) is 8.20. The molecule has 0 radical (unpaired) electrons. The molecule has 184 valence electrons. The Morgan fingerprint density at radius 2 is 1.81 bits per heavy atom. The highest BCUT2D eigenvalue weighted by molar-refractivity contribution is 6.30. The Bertz CT molecular complexity index is 1330. The van der Waals surface area contributed by atoms with Gasteiger partial charge in [0.25, 0.3) is 0 Å². The van der Waals surface area contributed by atoms with Crippen molar-refractivity contribution in [3.05, 3.63) is 94.5 Å². The first-order valence-electron chi connectivity index (χ1n) is 12.1. The lowest BCUT2D eigenvalue weighted by atomic mass is 9.73. The Morgan fingerprint density at radius 1 is 1.06 bits per heavy atom. The molecule has 2 saturated heterocycles. The van der Waals surface area contributed by atoms with Gasteiger partial charge in [0.15, 0.2) is 0 Å². The molecule has 0 N–H and O–H groups in total. The van der Waals surface area contributed by atoms with Crippen molar-refractivity contribution in [2.24, 2.45) is 5.92 Å². The van der Waals surface area contributed by atoms with Gasteiger partial charge in [0.2, 0.25) is 11.8 Å². The summed E-state index contributed by atoms with van der Waals surface area (Å²) in [5.74, 6) is 1.02. The summed E-state index contributed by atoms with van der Waals surface area (Å²) in [4.78, 5) is 31.8.